The first-order chi connectivity index (χ1) is 10.5. The van der Waals surface area contributed by atoms with Crippen molar-refractivity contribution in [3.05, 3.63) is 64.2 Å². The first-order valence-electron chi connectivity index (χ1n) is 7.21. The number of aryl methyl sites for hydroxylation is 2. The van der Waals surface area contributed by atoms with E-state index in [1.165, 1.54) is 0 Å². The highest BCUT2D eigenvalue weighted by Gasteiger charge is 2.10. The summed E-state index contributed by atoms with van der Waals surface area (Å²) in [5.41, 5.74) is 2.94. The number of ether oxygens (including phenoxy) is 1. The molecule has 0 bridgehead atoms. The number of hydrogen-bond acceptors (Lipinski definition) is 2. The summed E-state index contributed by atoms with van der Waals surface area (Å²) in [6, 6.07) is 13.4. The van der Waals surface area contributed by atoms with Crippen LogP contribution in [0.5, 0.6) is 5.75 Å². The van der Waals surface area contributed by atoms with Crippen LogP contribution in [-0.4, -0.2) is 12.5 Å². The Morgan fingerprint density at radius 1 is 1.18 bits per heavy atom. The van der Waals surface area contributed by atoms with Gasteiger partial charge in [-0.3, -0.25) is 4.79 Å². The highest BCUT2D eigenvalue weighted by Crippen LogP contribution is 2.25. The van der Waals surface area contributed by atoms with Gasteiger partial charge in [0.15, 0.2) is 6.61 Å². The summed E-state index contributed by atoms with van der Waals surface area (Å²) in [5.74, 6) is 0.503. The van der Waals surface area contributed by atoms with E-state index < -0.39 is 0 Å². The van der Waals surface area contributed by atoms with E-state index in [4.69, 9.17) is 16.3 Å². The number of nitrogens with one attached hydrogen (secondary N) is 1. The quantitative estimate of drug-likeness (QED) is 0.897. The molecule has 0 saturated carbocycles. The van der Waals surface area contributed by atoms with Gasteiger partial charge < -0.3 is 10.1 Å². The van der Waals surface area contributed by atoms with E-state index in [0.29, 0.717) is 5.75 Å². The van der Waals surface area contributed by atoms with Crippen LogP contribution in [0.4, 0.5) is 0 Å². The number of amides is 1. The van der Waals surface area contributed by atoms with Crippen LogP contribution in [-0.2, 0) is 4.79 Å². The predicted molar refractivity (Wildman–Crippen MR) is 89.4 cm³/mol. The lowest BCUT2D eigenvalue weighted by Gasteiger charge is -2.15. The molecule has 1 amide bonds. The van der Waals surface area contributed by atoms with E-state index in [9.17, 15) is 4.79 Å². The minimum absolute atomic E-state index is 0.0162. The zero-order valence-electron chi connectivity index (χ0n) is 13.0. The molecule has 1 atom stereocenters. The Balaban J connectivity index is 1.90. The highest BCUT2D eigenvalue weighted by atomic mass is 35.5. The van der Waals surface area contributed by atoms with Gasteiger partial charge in [0.05, 0.1) is 6.04 Å². The molecule has 0 aliphatic rings. The molecule has 0 fully saturated rings. The Kier molecular flexibility index (Phi) is 5.45. The Labute approximate surface area is 136 Å². The first-order valence-corrected chi connectivity index (χ1v) is 7.59. The van der Waals surface area contributed by atoms with Gasteiger partial charge in [0.25, 0.3) is 5.91 Å². The Morgan fingerprint density at radius 2 is 1.77 bits per heavy atom. The lowest BCUT2D eigenvalue weighted by molar-refractivity contribution is -0.123. The van der Waals surface area contributed by atoms with Crippen LogP contribution >= 0.6 is 11.6 Å². The third kappa shape index (κ3) is 4.25. The second kappa shape index (κ2) is 7.32. The second-order valence-electron chi connectivity index (χ2n) is 5.36. The summed E-state index contributed by atoms with van der Waals surface area (Å²) >= 11 is 6.11. The molecule has 116 valence electrons. The van der Waals surface area contributed by atoms with Crippen molar-refractivity contribution < 1.29 is 9.53 Å². The van der Waals surface area contributed by atoms with Crippen molar-refractivity contribution in [3.8, 4) is 5.75 Å². The molecule has 0 saturated heterocycles. The first kappa shape index (κ1) is 16.4. The molecule has 0 aliphatic carbocycles. The van der Waals surface area contributed by atoms with Crippen LogP contribution in [0.3, 0.4) is 0 Å². The average Bonchev–Trinajstić information content (AvgIpc) is 2.51. The molecule has 3 nitrogen and oxygen atoms in total. The third-order valence-corrected chi connectivity index (χ3v) is 4.05. The lowest BCUT2D eigenvalue weighted by atomic mass is 10.1. The maximum absolute atomic E-state index is 12.0. The maximum Gasteiger partial charge on any atom is 0.258 e. The van der Waals surface area contributed by atoms with E-state index in [0.717, 1.165) is 21.7 Å². The number of carbonyl (C=O) groups is 1. The summed E-state index contributed by atoms with van der Waals surface area (Å²) in [7, 11) is 0. The topological polar surface area (TPSA) is 38.3 Å². The van der Waals surface area contributed by atoms with Gasteiger partial charge in [-0.1, -0.05) is 41.9 Å². The van der Waals surface area contributed by atoms with E-state index in [1.807, 2.05) is 63.2 Å². The van der Waals surface area contributed by atoms with Crippen molar-refractivity contribution in [2.75, 3.05) is 6.61 Å². The van der Waals surface area contributed by atoms with Crippen LogP contribution in [0, 0.1) is 13.8 Å². The molecule has 1 unspecified atom stereocenters. The third-order valence-electron chi connectivity index (χ3n) is 3.46. The zero-order chi connectivity index (χ0) is 16.1. The van der Waals surface area contributed by atoms with E-state index in [1.54, 1.807) is 0 Å². The predicted octanol–water partition coefficient (Wildman–Crippen LogP) is 4.21. The van der Waals surface area contributed by atoms with E-state index in [2.05, 4.69) is 5.32 Å². The van der Waals surface area contributed by atoms with E-state index in [-0.39, 0.29) is 18.6 Å². The zero-order valence-corrected chi connectivity index (χ0v) is 13.8. The van der Waals surface area contributed by atoms with Crippen LogP contribution in [0.25, 0.3) is 0 Å². The smallest absolute Gasteiger partial charge is 0.258 e. The van der Waals surface area contributed by atoms with Gasteiger partial charge in [-0.25, -0.2) is 0 Å². The molecule has 1 N–H and O–H groups in total. The summed E-state index contributed by atoms with van der Waals surface area (Å²) in [4.78, 5) is 12.0. The molecule has 0 heterocycles. The summed E-state index contributed by atoms with van der Waals surface area (Å²) in [6.45, 7) is 5.76. The van der Waals surface area contributed by atoms with Crippen molar-refractivity contribution in [2.45, 2.75) is 26.8 Å². The van der Waals surface area contributed by atoms with Gasteiger partial charge in [-0.05, 0) is 49.6 Å². The fourth-order valence-corrected chi connectivity index (χ4v) is 2.36. The van der Waals surface area contributed by atoms with Crippen molar-refractivity contribution >= 4 is 17.5 Å². The Hall–Kier alpha value is -2.00. The SMILES string of the molecule is Cc1cc(OCC(=O)NC(C)c2ccccc2)cc(C)c1Cl. The van der Waals surface area contributed by atoms with Crippen molar-refractivity contribution in [1.82, 2.24) is 5.32 Å². The van der Waals surface area contributed by atoms with Gasteiger partial charge in [0.2, 0.25) is 0 Å². The number of rotatable bonds is 5. The van der Waals surface area contributed by atoms with E-state index >= 15 is 0 Å². The molecule has 0 aromatic heterocycles. The molecule has 2 rings (SSSR count). The molecular formula is C18H20ClNO2. The standard InChI is InChI=1S/C18H20ClNO2/c1-12-9-16(10-13(2)18(12)19)22-11-17(21)20-14(3)15-7-5-4-6-8-15/h4-10,14H,11H2,1-3H3,(H,20,21). The second-order valence-corrected chi connectivity index (χ2v) is 5.74. The lowest BCUT2D eigenvalue weighted by Crippen LogP contribution is -2.31. The van der Waals surface area contributed by atoms with Crippen LogP contribution < -0.4 is 10.1 Å². The minimum atomic E-state index is -0.151. The van der Waals surface area contributed by atoms with Gasteiger partial charge in [0, 0.05) is 5.02 Å². The molecule has 0 aliphatic heterocycles. The van der Waals surface area contributed by atoms with Crippen molar-refractivity contribution in [1.29, 1.82) is 0 Å². The highest BCUT2D eigenvalue weighted by molar-refractivity contribution is 6.32. The van der Waals surface area contributed by atoms with Gasteiger partial charge in [-0.2, -0.15) is 0 Å². The van der Waals surface area contributed by atoms with Crippen LogP contribution in [0.1, 0.15) is 29.7 Å². The molecule has 4 heteroatoms. The summed E-state index contributed by atoms with van der Waals surface area (Å²) < 4.78 is 5.55. The van der Waals surface area contributed by atoms with Crippen molar-refractivity contribution in [2.24, 2.45) is 0 Å². The average molecular weight is 318 g/mol. The van der Waals surface area contributed by atoms with Crippen LogP contribution in [0.15, 0.2) is 42.5 Å². The molecule has 0 radical (unpaired) electrons. The summed E-state index contributed by atoms with van der Waals surface area (Å²) in [5, 5.41) is 3.65. The van der Waals surface area contributed by atoms with Crippen molar-refractivity contribution in [3.63, 3.8) is 0 Å². The normalized spacial score (nSPS) is 11.8. The molecule has 0 spiro atoms. The number of hydrogen-bond donors (Lipinski definition) is 1. The Morgan fingerprint density at radius 3 is 2.36 bits per heavy atom. The molecular weight excluding hydrogens is 298 g/mol. The van der Waals surface area contributed by atoms with Gasteiger partial charge >= 0.3 is 0 Å². The van der Waals surface area contributed by atoms with Gasteiger partial charge in [0.1, 0.15) is 5.75 Å². The number of benzene rings is 2. The monoisotopic (exact) mass is 317 g/mol. The minimum Gasteiger partial charge on any atom is -0.484 e. The molecule has 2 aromatic rings. The number of halogens is 1. The fraction of sp³-hybridized carbons (Fsp3) is 0.278. The number of carbonyl (C=O) groups excluding carboxylic acids is 1. The largest absolute Gasteiger partial charge is 0.484 e. The Bertz CT molecular complexity index is 632. The van der Waals surface area contributed by atoms with Crippen LogP contribution in [0.2, 0.25) is 5.02 Å². The van der Waals surface area contributed by atoms with Gasteiger partial charge in [-0.15, -0.1) is 0 Å². The maximum atomic E-state index is 12.0. The summed E-state index contributed by atoms with van der Waals surface area (Å²) in [6.07, 6.45) is 0. The fourth-order valence-electron chi connectivity index (χ4n) is 2.25. The molecule has 22 heavy (non-hydrogen) atoms. The molecule has 2 aromatic carbocycles.